The minimum absolute atomic E-state index is 0.0109. The summed E-state index contributed by atoms with van der Waals surface area (Å²) in [6.07, 6.45) is 0. The summed E-state index contributed by atoms with van der Waals surface area (Å²) in [7, 11) is 1.58. The van der Waals surface area contributed by atoms with Gasteiger partial charge < -0.3 is 19.6 Å². The molecule has 0 bridgehead atoms. The number of carbonyl (C=O) groups is 1. The lowest BCUT2D eigenvalue weighted by Gasteiger charge is -2.09. The first kappa shape index (κ1) is 15.9. The van der Waals surface area contributed by atoms with Gasteiger partial charge in [0.25, 0.3) is 0 Å². The molecular formula is C14H15N3O4S. The number of benzene rings is 1. The number of methoxy groups -OCH3 is 1. The molecule has 0 saturated carbocycles. The van der Waals surface area contributed by atoms with Gasteiger partial charge in [0.2, 0.25) is 11.8 Å². The van der Waals surface area contributed by atoms with Crippen LogP contribution in [0.1, 0.15) is 18.7 Å². The van der Waals surface area contributed by atoms with Crippen LogP contribution < -0.4 is 10.5 Å². The molecule has 2 rings (SSSR count). The fourth-order valence-electron chi connectivity index (χ4n) is 1.77. The normalized spacial score (nSPS) is 11.7. The number of nitrogens with zero attached hydrogens (tertiary/aromatic N) is 2. The molecule has 0 aliphatic carbocycles. The van der Waals surface area contributed by atoms with E-state index in [0.29, 0.717) is 11.3 Å². The van der Waals surface area contributed by atoms with Crippen LogP contribution in [0.2, 0.25) is 0 Å². The second-order valence-electron chi connectivity index (χ2n) is 4.26. The zero-order chi connectivity index (χ0) is 16.1. The van der Waals surface area contributed by atoms with Crippen molar-refractivity contribution < 1.29 is 18.7 Å². The molecule has 8 heteroatoms. The molecule has 0 aliphatic heterocycles. The Labute approximate surface area is 132 Å². The number of thiocarbonyl (C=S) groups is 1. The van der Waals surface area contributed by atoms with Crippen molar-refractivity contribution >= 4 is 23.2 Å². The Kier molecular flexibility index (Phi) is 5.05. The lowest BCUT2D eigenvalue weighted by Crippen LogP contribution is -2.28. The number of esters is 1. The highest BCUT2D eigenvalue weighted by molar-refractivity contribution is 7.80. The van der Waals surface area contributed by atoms with Crippen LogP contribution in [0.15, 0.2) is 28.7 Å². The van der Waals surface area contributed by atoms with E-state index in [1.165, 1.54) is 0 Å². The van der Waals surface area contributed by atoms with Crippen molar-refractivity contribution in [3.8, 4) is 17.2 Å². The number of hydrogen-bond donors (Lipinski definition) is 1. The van der Waals surface area contributed by atoms with E-state index in [4.69, 9.17) is 31.8 Å². The van der Waals surface area contributed by atoms with Gasteiger partial charge in [0, 0.05) is 5.56 Å². The Morgan fingerprint density at radius 1 is 1.36 bits per heavy atom. The first-order valence-electron chi connectivity index (χ1n) is 6.50. The van der Waals surface area contributed by atoms with Crippen molar-refractivity contribution in [3.05, 3.63) is 30.2 Å². The van der Waals surface area contributed by atoms with E-state index in [0.717, 1.165) is 0 Å². The molecule has 0 amide bonds. The van der Waals surface area contributed by atoms with Gasteiger partial charge >= 0.3 is 5.97 Å². The average Bonchev–Trinajstić information content (AvgIpc) is 2.97. The van der Waals surface area contributed by atoms with Crippen LogP contribution in [0.3, 0.4) is 0 Å². The maximum Gasteiger partial charge on any atom is 0.325 e. The summed E-state index contributed by atoms with van der Waals surface area (Å²) in [6.45, 7) is 1.89. The number of carbonyl (C=O) groups excluding carboxylic acids is 1. The molecule has 22 heavy (non-hydrogen) atoms. The molecule has 1 aromatic carbocycles. The Morgan fingerprint density at radius 2 is 2.05 bits per heavy atom. The number of rotatable bonds is 6. The second-order valence-corrected chi connectivity index (χ2v) is 4.73. The molecule has 116 valence electrons. The van der Waals surface area contributed by atoms with Gasteiger partial charge in [-0.05, 0) is 31.2 Å². The molecule has 0 spiro atoms. The third kappa shape index (κ3) is 3.40. The summed E-state index contributed by atoms with van der Waals surface area (Å²) in [5.41, 5.74) is 6.26. The van der Waals surface area contributed by atoms with E-state index in [2.05, 4.69) is 10.2 Å². The van der Waals surface area contributed by atoms with E-state index in [9.17, 15) is 4.79 Å². The molecule has 0 saturated heterocycles. The van der Waals surface area contributed by atoms with Crippen molar-refractivity contribution in [1.82, 2.24) is 10.2 Å². The van der Waals surface area contributed by atoms with Crippen LogP contribution in [0.25, 0.3) is 11.5 Å². The van der Waals surface area contributed by atoms with Crippen molar-refractivity contribution in [2.75, 3.05) is 13.7 Å². The van der Waals surface area contributed by atoms with Gasteiger partial charge in [-0.25, -0.2) is 0 Å². The zero-order valence-corrected chi connectivity index (χ0v) is 12.9. The topological polar surface area (TPSA) is 100 Å². The SMILES string of the molecule is CCOC(=O)C(C(N)=S)c1nnc(-c2ccc(OC)cc2)o1. The van der Waals surface area contributed by atoms with Crippen LogP contribution in [0, 0.1) is 0 Å². The number of hydrogen-bond acceptors (Lipinski definition) is 7. The molecule has 0 fully saturated rings. The van der Waals surface area contributed by atoms with Crippen molar-refractivity contribution in [2.45, 2.75) is 12.8 Å². The van der Waals surface area contributed by atoms with E-state index >= 15 is 0 Å². The van der Waals surface area contributed by atoms with Crippen molar-refractivity contribution in [1.29, 1.82) is 0 Å². The fourth-order valence-corrected chi connectivity index (χ4v) is 1.96. The highest BCUT2D eigenvalue weighted by Gasteiger charge is 2.31. The highest BCUT2D eigenvalue weighted by atomic mass is 32.1. The van der Waals surface area contributed by atoms with E-state index in [1.807, 2.05) is 0 Å². The van der Waals surface area contributed by atoms with Crippen molar-refractivity contribution in [3.63, 3.8) is 0 Å². The minimum Gasteiger partial charge on any atom is -0.497 e. The average molecular weight is 321 g/mol. The Balaban J connectivity index is 2.28. The predicted octanol–water partition coefficient (Wildman–Crippen LogP) is 1.68. The van der Waals surface area contributed by atoms with Crippen LogP contribution in [-0.4, -0.2) is 34.9 Å². The van der Waals surface area contributed by atoms with Gasteiger partial charge in [-0.1, -0.05) is 12.2 Å². The Morgan fingerprint density at radius 3 is 2.59 bits per heavy atom. The van der Waals surface area contributed by atoms with Crippen molar-refractivity contribution in [2.24, 2.45) is 5.73 Å². The quantitative estimate of drug-likeness (QED) is 0.633. The predicted molar refractivity (Wildman–Crippen MR) is 82.4 cm³/mol. The monoisotopic (exact) mass is 321 g/mol. The molecule has 7 nitrogen and oxygen atoms in total. The third-order valence-electron chi connectivity index (χ3n) is 2.83. The van der Waals surface area contributed by atoms with Gasteiger partial charge in [-0.2, -0.15) is 0 Å². The van der Waals surface area contributed by atoms with E-state index in [-0.39, 0.29) is 23.4 Å². The van der Waals surface area contributed by atoms with Gasteiger partial charge in [-0.15, -0.1) is 10.2 Å². The smallest absolute Gasteiger partial charge is 0.325 e. The number of nitrogens with two attached hydrogens (primary N) is 1. The lowest BCUT2D eigenvalue weighted by molar-refractivity contribution is -0.143. The van der Waals surface area contributed by atoms with E-state index in [1.54, 1.807) is 38.3 Å². The zero-order valence-electron chi connectivity index (χ0n) is 12.1. The summed E-state index contributed by atoms with van der Waals surface area (Å²) < 4.78 is 15.5. The minimum atomic E-state index is -1.05. The van der Waals surface area contributed by atoms with Crippen LogP contribution in [0.4, 0.5) is 0 Å². The Hall–Kier alpha value is -2.48. The molecule has 0 radical (unpaired) electrons. The molecule has 1 aromatic heterocycles. The molecular weight excluding hydrogens is 306 g/mol. The van der Waals surface area contributed by atoms with Gasteiger partial charge in [-0.3, -0.25) is 4.79 Å². The highest BCUT2D eigenvalue weighted by Crippen LogP contribution is 2.24. The van der Waals surface area contributed by atoms with Crippen LogP contribution in [0.5, 0.6) is 5.75 Å². The molecule has 2 N–H and O–H groups in total. The maximum absolute atomic E-state index is 11.9. The fraction of sp³-hybridized carbons (Fsp3) is 0.286. The first-order chi connectivity index (χ1) is 10.6. The van der Waals surface area contributed by atoms with Gasteiger partial charge in [0.1, 0.15) is 5.75 Å². The number of ether oxygens (including phenoxy) is 2. The summed E-state index contributed by atoms with van der Waals surface area (Å²) >= 11 is 4.88. The van der Waals surface area contributed by atoms with Crippen LogP contribution >= 0.6 is 12.2 Å². The largest absolute Gasteiger partial charge is 0.497 e. The maximum atomic E-state index is 11.9. The molecule has 1 heterocycles. The summed E-state index contributed by atoms with van der Waals surface area (Å²) in [5, 5.41) is 7.75. The third-order valence-corrected chi connectivity index (χ3v) is 3.07. The van der Waals surface area contributed by atoms with Crippen LogP contribution in [-0.2, 0) is 9.53 Å². The van der Waals surface area contributed by atoms with Gasteiger partial charge in [0.05, 0.1) is 18.7 Å². The molecule has 0 aliphatic rings. The summed E-state index contributed by atoms with van der Waals surface area (Å²) in [6, 6.07) is 7.04. The lowest BCUT2D eigenvalue weighted by atomic mass is 10.1. The first-order valence-corrected chi connectivity index (χ1v) is 6.91. The van der Waals surface area contributed by atoms with E-state index < -0.39 is 11.9 Å². The van der Waals surface area contributed by atoms with Gasteiger partial charge in [0.15, 0.2) is 5.92 Å². The summed E-state index contributed by atoms with van der Waals surface area (Å²) in [4.78, 5) is 11.8. The molecule has 1 atom stereocenters. The Bertz CT molecular complexity index is 669. The number of aromatic nitrogens is 2. The standard InChI is InChI=1S/C14H15N3O4S/c1-3-20-14(18)10(11(15)22)13-17-16-12(21-13)8-4-6-9(19-2)7-5-8/h4-7,10H,3H2,1-2H3,(H2,15,22). The molecule has 2 aromatic rings. The second kappa shape index (κ2) is 6.99. The summed E-state index contributed by atoms with van der Waals surface area (Å²) in [5.74, 6) is -0.689. The molecule has 1 unspecified atom stereocenters.